The van der Waals surface area contributed by atoms with E-state index in [0.717, 1.165) is 51.0 Å². The average Bonchev–Trinajstić information content (AvgIpc) is 3.27. The van der Waals surface area contributed by atoms with Gasteiger partial charge in [0.2, 0.25) is 0 Å². The van der Waals surface area contributed by atoms with Crippen molar-refractivity contribution in [2.45, 2.75) is 26.2 Å². The zero-order valence-electron chi connectivity index (χ0n) is 33.2. The van der Waals surface area contributed by atoms with Gasteiger partial charge in [-0.25, -0.2) is 4.85 Å². The summed E-state index contributed by atoms with van der Waals surface area (Å²) >= 11 is 0. The molecule has 7 aromatic carbocycles. The Kier molecular flexibility index (Phi) is 11.6. The molecule has 0 amide bonds. The van der Waals surface area contributed by atoms with Crippen molar-refractivity contribution in [1.29, 1.82) is 5.26 Å². The summed E-state index contributed by atoms with van der Waals surface area (Å²) in [7, 11) is 1.67. The molecule has 5 nitrogen and oxygen atoms in total. The fraction of sp³-hybridized carbons (Fsp3) is 0.0943. The zero-order valence-corrected chi connectivity index (χ0v) is 33.2. The molecule has 0 atom stereocenters. The second kappa shape index (κ2) is 17.5. The van der Waals surface area contributed by atoms with Gasteiger partial charge in [-0.1, -0.05) is 118 Å². The Morgan fingerprint density at radius 1 is 0.534 bits per heavy atom. The second-order valence-electron chi connectivity index (χ2n) is 14.9. The zero-order chi connectivity index (χ0) is 40.5. The summed E-state index contributed by atoms with van der Waals surface area (Å²) in [6, 6.07) is 59.9. The standard InChI is InChI=1S/C53H44N4O/c1-53(2,3)44-24-30-49(31-25-44)56(45-12-8-6-9-13-45)47-28-20-40(21-29-47)17-23-42-36-43(38-54)41(37-52(42)55-4)22-16-39-18-26-48(27-19-39)57(46-14-10-7-11-15-46)50-32-34-51(58-5)35-33-50/h6-37H,1-3,5H3. The number of hydrogen-bond donors (Lipinski definition) is 0. The molecular formula is C53H44N4O. The normalized spacial score (nSPS) is 11.3. The SMILES string of the molecule is [C-]#[N+]c1cc(C=Cc2ccc(N(c3ccccc3)c3ccc(OC)cc3)cc2)c(C#N)cc1C=Cc1ccc(N(c2ccccc2)c2ccc(C(C)(C)C)cc2)cc1. The number of nitrogens with zero attached hydrogens (tertiary/aromatic N) is 4. The molecule has 0 aliphatic carbocycles. The lowest BCUT2D eigenvalue weighted by molar-refractivity contribution is 0.415. The molecule has 0 aliphatic heterocycles. The minimum absolute atomic E-state index is 0.0709. The van der Waals surface area contributed by atoms with E-state index in [9.17, 15) is 5.26 Å². The Bertz CT molecular complexity index is 2610. The largest absolute Gasteiger partial charge is 0.497 e. The molecule has 0 saturated carbocycles. The van der Waals surface area contributed by atoms with Gasteiger partial charge >= 0.3 is 0 Å². The Hall–Kier alpha value is -7.60. The Morgan fingerprint density at radius 3 is 1.36 bits per heavy atom. The van der Waals surface area contributed by atoms with Crippen LogP contribution < -0.4 is 14.5 Å². The fourth-order valence-electron chi connectivity index (χ4n) is 6.82. The average molecular weight is 753 g/mol. The molecule has 282 valence electrons. The number of rotatable bonds is 11. The molecule has 7 rings (SSSR count). The first kappa shape index (κ1) is 38.7. The van der Waals surface area contributed by atoms with Crippen LogP contribution in [-0.2, 0) is 5.41 Å². The topological polar surface area (TPSA) is 43.9 Å². The van der Waals surface area contributed by atoms with Crippen LogP contribution in [0.1, 0.15) is 54.2 Å². The highest BCUT2D eigenvalue weighted by Gasteiger charge is 2.17. The van der Waals surface area contributed by atoms with Crippen LogP contribution in [-0.4, -0.2) is 7.11 Å². The van der Waals surface area contributed by atoms with Crippen LogP contribution in [0, 0.1) is 17.9 Å². The molecule has 7 aromatic rings. The predicted octanol–water partition coefficient (Wildman–Crippen LogP) is 14.7. The second-order valence-corrected chi connectivity index (χ2v) is 14.9. The van der Waals surface area contributed by atoms with Gasteiger partial charge in [-0.2, -0.15) is 5.26 Å². The van der Waals surface area contributed by atoms with Crippen molar-refractivity contribution in [3.05, 3.63) is 215 Å². The van der Waals surface area contributed by atoms with Crippen molar-refractivity contribution < 1.29 is 4.74 Å². The van der Waals surface area contributed by atoms with E-state index in [2.05, 4.69) is 151 Å². The molecule has 0 heterocycles. The van der Waals surface area contributed by atoms with Gasteiger partial charge < -0.3 is 14.5 Å². The maximum absolute atomic E-state index is 10.2. The van der Waals surface area contributed by atoms with E-state index in [1.54, 1.807) is 19.2 Å². The van der Waals surface area contributed by atoms with Crippen LogP contribution in [0.25, 0.3) is 29.1 Å². The summed E-state index contributed by atoms with van der Waals surface area (Å²) in [6.45, 7) is 14.6. The molecule has 0 aromatic heterocycles. The monoisotopic (exact) mass is 752 g/mol. The maximum atomic E-state index is 10.2. The first-order valence-corrected chi connectivity index (χ1v) is 19.2. The van der Waals surface area contributed by atoms with E-state index in [0.29, 0.717) is 22.4 Å². The van der Waals surface area contributed by atoms with Gasteiger partial charge in [0.25, 0.3) is 0 Å². The Morgan fingerprint density at radius 2 is 0.948 bits per heavy atom. The van der Waals surface area contributed by atoms with E-state index in [4.69, 9.17) is 11.3 Å². The third kappa shape index (κ3) is 8.92. The van der Waals surface area contributed by atoms with E-state index < -0.39 is 0 Å². The summed E-state index contributed by atoms with van der Waals surface area (Å²) in [5.74, 6) is 0.801. The van der Waals surface area contributed by atoms with Crippen LogP contribution in [0.5, 0.6) is 5.75 Å². The predicted molar refractivity (Wildman–Crippen MR) is 243 cm³/mol. The van der Waals surface area contributed by atoms with E-state index in [1.807, 2.05) is 72.8 Å². The molecule has 0 saturated heterocycles. The van der Waals surface area contributed by atoms with Crippen molar-refractivity contribution in [3.8, 4) is 11.8 Å². The summed E-state index contributed by atoms with van der Waals surface area (Å²) in [4.78, 5) is 8.27. The molecule has 0 fully saturated rings. The van der Waals surface area contributed by atoms with Gasteiger partial charge in [-0.05, 0) is 130 Å². The van der Waals surface area contributed by atoms with Crippen molar-refractivity contribution in [3.63, 3.8) is 0 Å². The first-order valence-electron chi connectivity index (χ1n) is 19.2. The molecule has 0 spiro atoms. The van der Waals surface area contributed by atoms with Crippen LogP contribution in [0.4, 0.5) is 39.8 Å². The lowest BCUT2D eigenvalue weighted by Crippen LogP contribution is -2.13. The fourth-order valence-corrected chi connectivity index (χ4v) is 6.82. The van der Waals surface area contributed by atoms with Crippen LogP contribution in [0.2, 0.25) is 0 Å². The maximum Gasteiger partial charge on any atom is 0.194 e. The van der Waals surface area contributed by atoms with Gasteiger partial charge in [0.05, 0.1) is 25.3 Å². The Balaban J connectivity index is 1.10. The van der Waals surface area contributed by atoms with Gasteiger partial charge in [0, 0.05) is 34.1 Å². The summed E-state index contributed by atoms with van der Waals surface area (Å²) < 4.78 is 5.38. The highest BCUT2D eigenvalue weighted by molar-refractivity contribution is 5.84. The number of hydrogen-bond acceptors (Lipinski definition) is 4. The number of nitriles is 1. The smallest absolute Gasteiger partial charge is 0.194 e. The van der Waals surface area contributed by atoms with Crippen LogP contribution in [0.3, 0.4) is 0 Å². The number of ether oxygens (including phenoxy) is 1. The van der Waals surface area contributed by atoms with E-state index >= 15 is 0 Å². The number of benzene rings is 7. The quantitative estimate of drug-likeness (QED) is 0.0975. The van der Waals surface area contributed by atoms with Crippen molar-refractivity contribution in [1.82, 2.24) is 0 Å². The molecule has 0 N–H and O–H groups in total. The molecule has 0 aliphatic rings. The third-order valence-corrected chi connectivity index (χ3v) is 10.0. The molecule has 0 unspecified atom stereocenters. The minimum atomic E-state index is 0.0709. The molecule has 0 radical (unpaired) electrons. The van der Waals surface area contributed by atoms with Gasteiger partial charge in [0.1, 0.15) is 5.75 Å². The number of para-hydroxylation sites is 2. The summed E-state index contributed by atoms with van der Waals surface area (Å²) in [5.41, 5.74) is 11.9. The Labute approximate surface area is 342 Å². The molecular weight excluding hydrogens is 709 g/mol. The summed E-state index contributed by atoms with van der Waals surface area (Å²) in [6.07, 6.45) is 7.78. The van der Waals surface area contributed by atoms with Gasteiger partial charge in [0.15, 0.2) is 5.69 Å². The number of anilines is 6. The first-order chi connectivity index (χ1) is 28.2. The minimum Gasteiger partial charge on any atom is -0.497 e. The van der Waals surface area contributed by atoms with Crippen molar-refractivity contribution in [2.24, 2.45) is 0 Å². The van der Waals surface area contributed by atoms with Gasteiger partial charge in [-0.15, -0.1) is 0 Å². The van der Waals surface area contributed by atoms with Crippen LogP contribution >= 0.6 is 0 Å². The number of methoxy groups -OCH3 is 1. The van der Waals surface area contributed by atoms with E-state index in [-0.39, 0.29) is 5.41 Å². The van der Waals surface area contributed by atoms with Crippen molar-refractivity contribution in [2.75, 3.05) is 16.9 Å². The van der Waals surface area contributed by atoms with Gasteiger partial charge in [-0.3, -0.25) is 0 Å². The summed E-state index contributed by atoms with van der Waals surface area (Å²) in [5, 5.41) is 10.2. The van der Waals surface area contributed by atoms with Crippen molar-refractivity contribution >= 4 is 64.1 Å². The highest BCUT2D eigenvalue weighted by Crippen LogP contribution is 2.37. The molecule has 5 heteroatoms. The molecule has 58 heavy (non-hydrogen) atoms. The third-order valence-electron chi connectivity index (χ3n) is 10.0. The lowest BCUT2D eigenvalue weighted by atomic mass is 9.87. The lowest BCUT2D eigenvalue weighted by Gasteiger charge is -2.27. The highest BCUT2D eigenvalue weighted by atomic mass is 16.5. The molecule has 0 bridgehead atoms. The van der Waals surface area contributed by atoms with Crippen LogP contribution in [0.15, 0.2) is 170 Å². The van der Waals surface area contributed by atoms with E-state index in [1.165, 1.54) is 5.56 Å².